The topological polar surface area (TPSA) is 43.4 Å². The quantitative estimate of drug-likeness (QED) is 0.332. The second-order valence-corrected chi connectivity index (χ2v) is 6.43. The average Bonchev–Trinajstić information content (AvgIpc) is 2.56. The predicted octanol–water partition coefficient (Wildman–Crippen LogP) is 5.03. The minimum Gasteiger partial charge on any atom is -0.423 e. The molecule has 2 aromatic carbocycles. The summed E-state index contributed by atoms with van der Waals surface area (Å²) in [6, 6.07) is 14.9. The molecule has 0 unspecified atom stereocenters. The van der Waals surface area contributed by atoms with E-state index in [9.17, 15) is 9.59 Å². The van der Waals surface area contributed by atoms with Crippen LogP contribution in [0.15, 0.2) is 77.7 Å². The fourth-order valence-corrected chi connectivity index (χ4v) is 2.48. The number of ether oxygens (including phenoxy) is 1. The van der Waals surface area contributed by atoms with E-state index in [2.05, 4.69) is 13.2 Å². The Hall–Kier alpha value is -2.59. The van der Waals surface area contributed by atoms with Gasteiger partial charge in [-0.1, -0.05) is 37.4 Å². The summed E-state index contributed by atoms with van der Waals surface area (Å²) >= 11 is 1.16. The maximum atomic E-state index is 11.7. The Bertz CT molecular complexity index is 717. The lowest BCUT2D eigenvalue weighted by Crippen LogP contribution is -2.07. The second-order valence-electron chi connectivity index (χ2n) is 5.39. The minimum atomic E-state index is -0.439. The van der Waals surface area contributed by atoms with E-state index in [4.69, 9.17) is 4.74 Å². The summed E-state index contributed by atoms with van der Waals surface area (Å²) in [6.07, 6.45) is 0. The molecule has 0 aromatic heterocycles. The Morgan fingerprint density at radius 2 is 1.33 bits per heavy atom. The van der Waals surface area contributed by atoms with Crippen LogP contribution < -0.4 is 4.74 Å². The van der Waals surface area contributed by atoms with E-state index >= 15 is 0 Å². The summed E-state index contributed by atoms with van der Waals surface area (Å²) in [5.74, 6) is 0.0392. The molecule has 0 N–H and O–H groups in total. The lowest BCUT2D eigenvalue weighted by atomic mass is 10.1. The van der Waals surface area contributed by atoms with Crippen molar-refractivity contribution in [3.63, 3.8) is 0 Å². The average molecular weight is 338 g/mol. The molecule has 0 amide bonds. The van der Waals surface area contributed by atoms with Gasteiger partial charge >= 0.3 is 5.97 Å². The molecule has 0 fully saturated rings. The number of rotatable bonds is 5. The molecule has 2 aromatic rings. The highest BCUT2D eigenvalue weighted by molar-refractivity contribution is 8.14. The van der Waals surface area contributed by atoms with Crippen molar-refractivity contribution in [2.45, 2.75) is 18.7 Å². The first kappa shape index (κ1) is 17.8. The molecule has 0 bridgehead atoms. The normalized spacial score (nSPS) is 10.1. The van der Waals surface area contributed by atoms with Gasteiger partial charge in [0, 0.05) is 10.5 Å². The summed E-state index contributed by atoms with van der Waals surface area (Å²) < 4.78 is 5.16. The maximum absolute atomic E-state index is 11.7. The van der Waals surface area contributed by atoms with Gasteiger partial charge in [0.25, 0.3) is 0 Å². The van der Waals surface area contributed by atoms with Crippen LogP contribution in [-0.4, -0.2) is 11.1 Å². The zero-order valence-corrected chi connectivity index (χ0v) is 14.5. The molecular weight excluding hydrogens is 320 g/mol. The van der Waals surface area contributed by atoms with Crippen LogP contribution in [0.4, 0.5) is 0 Å². The SMILES string of the molecule is C=C(C)C(=O)Oc1ccc(-c2ccc(SC(=O)C(=C)C)cc2)cc1. The van der Waals surface area contributed by atoms with E-state index in [-0.39, 0.29) is 5.12 Å². The number of carbonyl (C=O) groups is 2. The summed E-state index contributed by atoms with van der Waals surface area (Å²) in [7, 11) is 0. The molecule has 2 rings (SSSR count). The first-order chi connectivity index (χ1) is 11.4. The third-order valence-electron chi connectivity index (χ3n) is 3.16. The van der Waals surface area contributed by atoms with E-state index in [1.807, 2.05) is 36.4 Å². The highest BCUT2D eigenvalue weighted by atomic mass is 32.2. The van der Waals surface area contributed by atoms with E-state index in [1.165, 1.54) is 0 Å². The lowest BCUT2D eigenvalue weighted by Gasteiger charge is -2.06. The third kappa shape index (κ3) is 4.70. The van der Waals surface area contributed by atoms with Crippen molar-refractivity contribution < 1.29 is 14.3 Å². The smallest absolute Gasteiger partial charge is 0.338 e. The van der Waals surface area contributed by atoms with Crippen molar-refractivity contribution in [2.75, 3.05) is 0 Å². The highest BCUT2D eigenvalue weighted by Crippen LogP contribution is 2.27. The molecule has 0 spiro atoms. The van der Waals surface area contributed by atoms with Crippen LogP contribution in [0.25, 0.3) is 11.1 Å². The summed E-state index contributed by atoms with van der Waals surface area (Å²) in [6.45, 7) is 10.5. The Kier molecular flexibility index (Phi) is 5.77. The molecule has 0 aliphatic carbocycles. The molecule has 122 valence electrons. The van der Waals surface area contributed by atoms with E-state index in [0.29, 0.717) is 16.9 Å². The first-order valence-corrected chi connectivity index (χ1v) is 8.14. The second kappa shape index (κ2) is 7.79. The van der Waals surface area contributed by atoms with Gasteiger partial charge in [0.2, 0.25) is 5.12 Å². The van der Waals surface area contributed by atoms with Gasteiger partial charge in [-0.15, -0.1) is 0 Å². The number of carbonyl (C=O) groups excluding carboxylic acids is 2. The molecular formula is C20H18O3S. The molecule has 4 heteroatoms. The largest absolute Gasteiger partial charge is 0.423 e. The van der Waals surface area contributed by atoms with Gasteiger partial charge < -0.3 is 4.74 Å². The minimum absolute atomic E-state index is 0.0357. The van der Waals surface area contributed by atoms with Crippen molar-refractivity contribution in [1.29, 1.82) is 0 Å². The molecule has 0 radical (unpaired) electrons. The molecule has 0 heterocycles. The maximum Gasteiger partial charge on any atom is 0.338 e. The zero-order chi connectivity index (χ0) is 17.7. The van der Waals surface area contributed by atoms with Crippen LogP contribution in [0.1, 0.15) is 13.8 Å². The molecule has 0 atom stereocenters. The highest BCUT2D eigenvalue weighted by Gasteiger charge is 2.07. The van der Waals surface area contributed by atoms with Crippen LogP contribution in [0.2, 0.25) is 0 Å². The van der Waals surface area contributed by atoms with Crippen LogP contribution in [-0.2, 0) is 9.59 Å². The van der Waals surface area contributed by atoms with Crippen molar-refractivity contribution in [1.82, 2.24) is 0 Å². The van der Waals surface area contributed by atoms with Crippen LogP contribution in [0.5, 0.6) is 5.75 Å². The fraction of sp³-hybridized carbons (Fsp3) is 0.100. The Balaban J connectivity index is 2.09. The lowest BCUT2D eigenvalue weighted by molar-refractivity contribution is -0.130. The number of hydrogen-bond donors (Lipinski definition) is 0. The van der Waals surface area contributed by atoms with Crippen molar-refractivity contribution in [2.24, 2.45) is 0 Å². The van der Waals surface area contributed by atoms with Gasteiger partial charge in [-0.2, -0.15) is 0 Å². The van der Waals surface area contributed by atoms with Crippen molar-refractivity contribution >= 4 is 22.8 Å². The predicted molar refractivity (Wildman–Crippen MR) is 98.0 cm³/mol. The summed E-state index contributed by atoms with van der Waals surface area (Å²) in [5, 5.41) is -0.0357. The van der Waals surface area contributed by atoms with Crippen molar-refractivity contribution in [3.8, 4) is 16.9 Å². The van der Waals surface area contributed by atoms with Gasteiger partial charge in [0.1, 0.15) is 5.75 Å². The Morgan fingerprint density at radius 1 is 0.833 bits per heavy atom. The molecule has 0 saturated carbocycles. The summed E-state index contributed by atoms with van der Waals surface area (Å²) in [5.41, 5.74) is 2.90. The van der Waals surface area contributed by atoms with Crippen LogP contribution in [0.3, 0.4) is 0 Å². The van der Waals surface area contributed by atoms with Crippen LogP contribution >= 0.6 is 11.8 Å². The number of thioether (sulfide) groups is 1. The molecule has 3 nitrogen and oxygen atoms in total. The molecule has 0 saturated heterocycles. The van der Waals surface area contributed by atoms with Gasteiger partial charge in [0.05, 0.1) is 0 Å². The first-order valence-electron chi connectivity index (χ1n) is 7.32. The number of hydrogen-bond acceptors (Lipinski definition) is 4. The third-order valence-corrected chi connectivity index (χ3v) is 4.20. The van der Waals surface area contributed by atoms with Gasteiger partial charge in [0.15, 0.2) is 0 Å². The van der Waals surface area contributed by atoms with E-state index < -0.39 is 5.97 Å². The fourth-order valence-electron chi connectivity index (χ4n) is 1.82. The molecule has 0 aliphatic heterocycles. The Labute approximate surface area is 146 Å². The van der Waals surface area contributed by atoms with Gasteiger partial charge in [-0.3, -0.25) is 4.79 Å². The van der Waals surface area contributed by atoms with E-state index in [1.54, 1.807) is 26.0 Å². The van der Waals surface area contributed by atoms with Gasteiger partial charge in [-0.05, 0) is 66.6 Å². The zero-order valence-electron chi connectivity index (χ0n) is 13.7. The van der Waals surface area contributed by atoms with Gasteiger partial charge in [-0.25, -0.2) is 4.79 Å². The molecule has 0 aliphatic rings. The number of benzene rings is 2. The molecule has 24 heavy (non-hydrogen) atoms. The van der Waals surface area contributed by atoms with Crippen LogP contribution in [0, 0.1) is 0 Å². The number of esters is 1. The summed E-state index contributed by atoms with van der Waals surface area (Å²) in [4.78, 5) is 24.0. The Morgan fingerprint density at radius 3 is 1.79 bits per heavy atom. The van der Waals surface area contributed by atoms with E-state index in [0.717, 1.165) is 27.8 Å². The monoisotopic (exact) mass is 338 g/mol. The standard InChI is InChI=1S/C20H18O3S/c1-13(2)19(21)23-17-9-5-15(6-10-17)16-7-11-18(12-8-16)24-20(22)14(3)4/h5-12H,1,3H2,2,4H3. The van der Waals surface area contributed by atoms with Crippen molar-refractivity contribution in [3.05, 3.63) is 72.8 Å².